The van der Waals surface area contributed by atoms with Crippen molar-refractivity contribution in [2.24, 2.45) is 0 Å². The monoisotopic (exact) mass is 404 g/mol. The number of likely N-dealkylation sites (N-methyl/N-ethyl adjacent to an activating group) is 1. The van der Waals surface area contributed by atoms with Crippen LogP contribution in [-0.2, 0) is 27.3 Å². The van der Waals surface area contributed by atoms with Crippen molar-refractivity contribution in [3.8, 4) is 0 Å². The average Bonchev–Trinajstić information content (AvgIpc) is 3.14. The van der Waals surface area contributed by atoms with Crippen LogP contribution in [0.25, 0.3) is 21.0 Å². The fourth-order valence-corrected chi connectivity index (χ4v) is 4.21. The Balaban J connectivity index is 1.33. The van der Waals surface area contributed by atoms with E-state index in [0.717, 1.165) is 31.6 Å². The van der Waals surface area contributed by atoms with E-state index >= 15 is 0 Å². The molecule has 0 bridgehead atoms. The second-order valence-corrected chi connectivity index (χ2v) is 7.92. The topological polar surface area (TPSA) is 59.5 Å². The van der Waals surface area contributed by atoms with Gasteiger partial charge in [-0.05, 0) is 28.5 Å². The molecular formula is C23H20N2O3S. The summed E-state index contributed by atoms with van der Waals surface area (Å²) in [6.45, 7) is 0.115. The van der Waals surface area contributed by atoms with Crippen molar-refractivity contribution < 1.29 is 14.3 Å². The number of amides is 1. The molecule has 0 unspecified atom stereocenters. The number of nitrogens with zero attached hydrogens (tertiary/aromatic N) is 2. The van der Waals surface area contributed by atoms with Gasteiger partial charge in [0.05, 0.1) is 23.2 Å². The van der Waals surface area contributed by atoms with Crippen LogP contribution in [0.4, 0.5) is 0 Å². The van der Waals surface area contributed by atoms with Gasteiger partial charge in [0.25, 0.3) is 5.91 Å². The van der Waals surface area contributed by atoms with Gasteiger partial charge >= 0.3 is 5.97 Å². The third-order valence-electron chi connectivity index (χ3n) is 4.71. The maximum Gasteiger partial charge on any atom is 0.310 e. The highest BCUT2D eigenvalue weighted by molar-refractivity contribution is 7.18. The minimum Gasteiger partial charge on any atom is -0.455 e. The molecule has 0 fully saturated rings. The number of benzene rings is 3. The summed E-state index contributed by atoms with van der Waals surface area (Å²) in [5, 5.41) is 2.94. The number of ether oxygens (including phenoxy) is 1. The fraction of sp³-hybridized carbons (Fsp3) is 0.174. The van der Waals surface area contributed by atoms with Crippen molar-refractivity contribution in [1.82, 2.24) is 9.88 Å². The molecule has 6 heteroatoms. The van der Waals surface area contributed by atoms with E-state index in [2.05, 4.69) is 4.98 Å². The highest BCUT2D eigenvalue weighted by Crippen LogP contribution is 2.22. The molecule has 3 aromatic carbocycles. The van der Waals surface area contributed by atoms with Crippen molar-refractivity contribution in [2.45, 2.75) is 13.0 Å². The Labute approximate surface area is 172 Å². The molecule has 5 nitrogen and oxygen atoms in total. The molecule has 0 aliphatic rings. The molecule has 0 aliphatic heterocycles. The molecule has 0 spiro atoms. The minimum atomic E-state index is -0.414. The Bertz CT molecular complexity index is 1150. The SMILES string of the molecule is CN(Cc1nc2ccccc2s1)C(=O)COC(=O)Cc1cccc2ccccc12. The van der Waals surface area contributed by atoms with Gasteiger partial charge in [-0.15, -0.1) is 11.3 Å². The summed E-state index contributed by atoms with van der Waals surface area (Å²) in [5.41, 5.74) is 1.82. The van der Waals surface area contributed by atoms with E-state index in [4.69, 9.17) is 4.74 Å². The van der Waals surface area contributed by atoms with Gasteiger partial charge in [-0.2, -0.15) is 0 Å². The molecule has 4 rings (SSSR count). The second-order valence-electron chi connectivity index (χ2n) is 6.80. The van der Waals surface area contributed by atoms with Crippen molar-refractivity contribution >= 4 is 44.2 Å². The van der Waals surface area contributed by atoms with Gasteiger partial charge < -0.3 is 9.64 Å². The molecule has 0 aliphatic carbocycles. The molecule has 146 valence electrons. The van der Waals surface area contributed by atoms with Crippen molar-refractivity contribution in [1.29, 1.82) is 0 Å². The van der Waals surface area contributed by atoms with E-state index in [0.29, 0.717) is 6.54 Å². The van der Waals surface area contributed by atoms with Gasteiger partial charge in [-0.3, -0.25) is 9.59 Å². The smallest absolute Gasteiger partial charge is 0.310 e. The molecule has 0 saturated heterocycles. The van der Waals surface area contributed by atoms with E-state index < -0.39 is 5.97 Å². The molecule has 0 atom stereocenters. The number of carbonyl (C=O) groups excluding carboxylic acids is 2. The van der Waals surface area contributed by atoms with E-state index in [9.17, 15) is 9.59 Å². The lowest BCUT2D eigenvalue weighted by atomic mass is 10.0. The maximum atomic E-state index is 12.4. The third-order valence-corrected chi connectivity index (χ3v) is 5.73. The number of carbonyl (C=O) groups is 2. The zero-order valence-electron chi connectivity index (χ0n) is 16.0. The standard InChI is InChI=1S/C23H20N2O3S/c1-25(14-21-24-19-11-4-5-12-20(19)29-21)22(26)15-28-23(27)13-17-9-6-8-16-7-2-3-10-18(16)17/h2-12H,13-15H2,1H3. The van der Waals surface area contributed by atoms with Crippen LogP contribution < -0.4 is 0 Å². The Morgan fingerprint density at radius 3 is 2.62 bits per heavy atom. The molecule has 1 heterocycles. The van der Waals surface area contributed by atoms with Gasteiger partial charge in [0.2, 0.25) is 0 Å². The quantitative estimate of drug-likeness (QED) is 0.452. The summed E-state index contributed by atoms with van der Waals surface area (Å²) in [7, 11) is 1.69. The zero-order valence-corrected chi connectivity index (χ0v) is 16.8. The van der Waals surface area contributed by atoms with Gasteiger partial charge in [0, 0.05) is 7.05 Å². The lowest BCUT2D eigenvalue weighted by molar-refractivity contribution is -0.151. The summed E-state index contributed by atoms with van der Waals surface area (Å²) in [5.74, 6) is -0.668. The van der Waals surface area contributed by atoms with Crippen LogP contribution in [0, 0.1) is 0 Å². The zero-order chi connectivity index (χ0) is 20.2. The number of rotatable bonds is 6. The normalized spacial score (nSPS) is 10.9. The van der Waals surface area contributed by atoms with Crippen molar-refractivity contribution in [2.75, 3.05) is 13.7 Å². The highest BCUT2D eigenvalue weighted by atomic mass is 32.1. The molecule has 0 N–H and O–H groups in total. The molecule has 0 radical (unpaired) electrons. The van der Waals surface area contributed by atoms with Crippen molar-refractivity contribution in [3.05, 3.63) is 77.3 Å². The largest absolute Gasteiger partial charge is 0.455 e. The number of thiazole rings is 1. The number of hydrogen-bond acceptors (Lipinski definition) is 5. The first kappa shape index (κ1) is 19.1. The Kier molecular flexibility index (Phi) is 5.53. The first-order chi connectivity index (χ1) is 14.1. The van der Waals surface area contributed by atoms with Crippen molar-refractivity contribution in [3.63, 3.8) is 0 Å². The predicted octanol–water partition coefficient (Wildman–Crippen LogP) is 4.19. The Morgan fingerprint density at radius 2 is 1.76 bits per heavy atom. The molecule has 0 saturated carbocycles. The van der Waals surface area contributed by atoms with Crippen LogP contribution in [0.5, 0.6) is 0 Å². The predicted molar refractivity (Wildman–Crippen MR) is 115 cm³/mol. The molecule has 29 heavy (non-hydrogen) atoms. The first-order valence-electron chi connectivity index (χ1n) is 9.31. The Morgan fingerprint density at radius 1 is 1.00 bits per heavy atom. The number of aromatic nitrogens is 1. The first-order valence-corrected chi connectivity index (χ1v) is 10.1. The number of para-hydroxylation sites is 1. The van der Waals surface area contributed by atoms with Gasteiger partial charge in [0.1, 0.15) is 5.01 Å². The summed E-state index contributed by atoms with van der Waals surface area (Å²) in [6.07, 6.45) is 0.135. The summed E-state index contributed by atoms with van der Waals surface area (Å²) < 4.78 is 6.32. The lowest BCUT2D eigenvalue weighted by Gasteiger charge is -2.15. The van der Waals surface area contributed by atoms with Crippen LogP contribution in [-0.4, -0.2) is 35.4 Å². The van der Waals surface area contributed by atoms with Gasteiger partial charge in [-0.25, -0.2) is 4.98 Å². The van der Waals surface area contributed by atoms with Gasteiger partial charge in [-0.1, -0.05) is 54.6 Å². The van der Waals surface area contributed by atoms with E-state index in [1.54, 1.807) is 18.4 Å². The fourth-order valence-electron chi connectivity index (χ4n) is 3.18. The molecule has 1 amide bonds. The van der Waals surface area contributed by atoms with Crippen LogP contribution >= 0.6 is 11.3 Å². The van der Waals surface area contributed by atoms with Crippen LogP contribution in [0.1, 0.15) is 10.6 Å². The Hall–Kier alpha value is -3.25. The molecule has 1 aromatic heterocycles. The molecular weight excluding hydrogens is 384 g/mol. The second kappa shape index (κ2) is 8.41. The van der Waals surface area contributed by atoms with Crippen LogP contribution in [0.2, 0.25) is 0 Å². The van der Waals surface area contributed by atoms with E-state index in [1.807, 2.05) is 66.7 Å². The number of fused-ring (bicyclic) bond motifs is 2. The lowest BCUT2D eigenvalue weighted by Crippen LogP contribution is -2.31. The summed E-state index contributed by atoms with van der Waals surface area (Å²) >= 11 is 1.56. The van der Waals surface area contributed by atoms with Crippen LogP contribution in [0.3, 0.4) is 0 Å². The van der Waals surface area contributed by atoms with Gasteiger partial charge in [0.15, 0.2) is 6.61 Å². The third kappa shape index (κ3) is 4.43. The molecule has 4 aromatic rings. The summed E-state index contributed by atoms with van der Waals surface area (Å²) in [6, 6.07) is 21.6. The average molecular weight is 404 g/mol. The highest BCUT2D eigenvalue weighted by Gasteiger charge is 2.15. The number of hydrogen-bond donors (Lipinski definition) is 0. The minimum absolute atomic E-state index is 0.135. The summed E-state index contributed by atoms with van der Waals surface area (Å²) in [4.78, 5) is 30.7. The van der Waals surface area contributed by atoms with Crippen LogP contribution in [0.15, 0.2) is 66.7 Å². The number of esters is 1. The van der Waals surface area contributed by atoms with E-state index in [1.165, 1.54) is 4.90 Å². The van der Waals surface area contributed by atoms with E-state index in [-0.39, 0.29) is 18.9 Å². The maximum absolute atomic E-state index is 12.4.